The summed E-state index contributed by atoms with van der Waals surface area (Å²) in [5, 5.41) is 0. The van der Waals surface area contributed by atoms with Crippen LogP contribution in [0.4, 0.5) is 0 Å². The van der Waals surface area contributed by atoms with E-state index in [-0.39, 0.29) is 0 Å². The summed E-state index contributed by atoms with van der Waals surface area (Å²) in [4.78, 5) is 2.74. The molecule has 1 saturated heterocycles. The van der Waals surface area contributed by atoms with Gasteiger partial charge in [0.1, 0.15) is 10.7 Å². The summed E-state index contributed by atoms with van der Waals surface area (Å²) < 4.78 is 10.7. The fourth-order valence-electron chi connectivity index (χ4n) is 2.59. The van der Waals surface area contributed by atoms with Gasteiger partial charge in [0.15, 0.2) is 0 Å². The summed E-state index contributed by atoms with van der Waals surface area (Å²) in [6, 6.07) is 6.61. The van der Waals surface area contributed by atoms with Crippen molar-refractivity contribution in [3.63, 3.8) is 0 Å². The van der Waals surface area contributed by atoms with Crippen LogP contribution >= 0.6 is 12.2 Å². The third kappa shape index (κ3) is 3.69. The Hall–Kier alpha value is -1.17. The monoisotopic (exact) mass is 294 g/mol. The van der Waals surface area contributed by atoms with Gasteiger partial charge in [0.2, 0.25) is 0 Å². The molecule has 0 saturated carbocycles. The molecule has 0 aromatic heterocycles. The largest absolute Gasteiger partial charge is 0.496 e. The number of nitrogens with two attached hydrogens (primary N) is 1. The first kappa shape index (κ1) is 15.2. The van der Waals surface area contributed by atoms with Gasteiger partial charge in [-0.3, -0.25) is 4.90 Å². The summed E-state index contributed by atoms with van der Waals surface area (Å²) in [6.45, 7) is 2.59. The first-order valence-electron chi connectivity index (χ1n) is 6.86. The maximum absolute atomic E-state index is 5.75. The zero-order valence-corrected chi connectivity index (χ0v) is 12.9. The lowest BCUT2D eigenvalue weighted by Crippen LogP contribution is -2.36. The third-order valence-electron chi connectivity index (χ3n) is 3.78. The van der Waals surface area contributed by atoms with E-state index in [4.69, 9.17) is 27.4 Å². The van der Waals surface area contributed by atoms with Crippen LogP contribution in [0.3, 0.4) is 0 Å². The Bertz CT molecular complexity index is 473. The lowest BCUT2D eigenvalue weighted by atomic mass is 10.1. The average molecular weight is 294 g/mol. The van der Waals surface area contributed by atoms with Gasteiger partial charge in [0.05, 0.1) is 12.7 Å². The van der Waals surface area contributed by atoms with Crippen LogP contribution in [0, 0.1) is 0 Å². The molecule has 20 heavy (non-hydrogen) atoms. The molecule has 0 unspecified atom stereocenters. The molecule has 110 valence electrons. The van der Waals surface area contributed by atoms with E-state index in [2.05, 4.69) is 18.0 Å². The number of ether oxygens (including phenoxy) is 2. The quantitative estimate of drug-likeness (QED) is 0.841. The molecular formula is C15H22N2O2S. The molecule has 0 aliphatic carbocycles. The molecule has 1 aliphatic rings. The SMILES string of the molecule is COc1ccc(CN(C)C2CCOCC2)cc1C(N)=S. The van der Waals surface area contributed by atoms with Gasteiger partial charge in [0.25, 0.3) is 0 Å². The fourth-order valence-corrected chi connectivity index (χ4v) is 2.75. The van der Waals surface area contributed by atoms with Gasteiger partial charge in [-0.15, -0.1) is 0 Å². The number of methoxy groups -OCH3 is 1. The number of nitrogens with zero attached hydrogens (tertiary/aromatic N) is 1. The standard InChI is InChI=1S/C15H22N2O2S/c1-17(12-5-7-19-8-6-12)10-11-3-4-14(18-2)13(9-11)15(16)20/h3-4,9,12H,5-8,10H2,1-2H3,(H2,16,20). The van der Waals surface area contributed by atoms with E-state index in [0.29, 0.717) is 11.0 Å². The molecule has 0 spiro atoms. The molecule has 5 heteroatoms. The van der Waals surface area contributed by atoms with Gasteiger partial charge in [0, 0.05) is 25.8 Å². The van der Waals surface area contributed by atoms with Crippen LogP contribution in [0.15, 0.2) is 18.2 Å². The zero-order valence-electron chi connectivity index (χ0n) is 12.1. The van der Waals surface area contributed by atoms with Gasteiger partial charge in [-0.2, -0.15) is 0 Å². The summed E-state index contributed by atoms with van der Waals surface area (Å²) in [5.41, 5.74) is 7.76. The Morgan fingerprint density at radius 2 is 2.15 bits per heavy atom. The molecule has 0 radical (unpaired) electrons. The maximum atomic E-state index is 5.75. The second-order valence-corrected chi connectivity index (χ2v) is 5.60. The predicted molar refractivity (Wildman–Crippen MR) is 84.2 cm³/mol. The van der Waals surface area contributed by atoms with Crippen molar-refractivity contribution in [1.29, 1.82) is 0 Å². The molecule has 1 fully saturated rings. The third-order valence-corrected chi connectivity index (χ3v) is 4.00. The van der Waals surface area contributed by atoms with E-state index in [1.807, 2.05) is 12.1 Å². The van der Waals surface area contributed by atoms with Crippen LogP contribution in [-0.2, 0) is 11.3 Å². The van der Waals surface area contributed by atoms with Gasteiger partial charge in [-0.05, 0) is 37.6 Å². The van der Waals surface area contributed by atoms with Crippen molar-refractivity contribution in [2.24, 2.45) is 5.73 Å². The molecular weight excluding hydrogens is 272 g/mol. The molecule has 2 rings (SSSR count). The van der Waals surface area contributed by atoms with Crippen LogP contribution in [0.1, 0.15) is 24.0 Å². The van der Waals surface area contributed by atoms with Crippen LogP contribution in [-0.4, -0.2) is 43.3 Å². The number of rotatable bonds is 5. The Morgan fingerprint density at radius 1 is 1.45 bits per heavy atom. The second-order valence-electron chi connectivity index (χ2n) is 5.16. The van der Waals surface area contributed by atoms with Crippen LogP contribution < -0.4 is 10.5 Å². The molecule has 1 heterocycles. The van der Waals surface area contributed by atoms with E-state index >= 15 is 0 Å². The number of hydrogen-bond acceptors (Lipinski definition) is 4. The van der Waals surface area contributed by atoms with E-state index in [0.717, 1.165) is 43.9 Å². The van der Waals surface area contributed by atoms with Crippen LogP contribution in [0.25, 0.3) is 0 Å². The number of hydrogen-bond donors (Lipinski definition) is 1. The van der Waals surface area contributed by atoms with Crippen molar-refractivity contribution < 1.29 is 9.47 Å². The van der Waals surface area contributed by atoms with Crippen molar-refractivity contribution in [2.45, 2.75) is 25.4 Å². The highest BCUT2D eigenvalue weighted by atomic mass is 32.1. The summed E-state index contributed by atoms with van der Waals surface area (Å²) in [7, 11) is 3.78. The molecule has 0 atom stereocenters. The Labute approximate surface area is 125 Å². The van der Waals surface area contributed by atoms with E-state index < -0.39 is 0 Å². The summed E-state index contributed by atoms with van der Waals surface area (Å²) in [5.74, 6) is 0.731. The van der Waals surface area contributed by atoms with E-state index in [1.165, 1.54) is 5.56 Å². The van der Waals surface area contributed by atoms with Crippen molar-refractivity contribution in [2.75, 3.05) is 27.4 Å². The lowest BCUT2D eigenvalue weighted by Gasteiger charge is -2.31. The van der Waals surface area contributed by atoms with Crippen LogP contribution in [0.5, 0.6) is 5.75 Å². The highest BCUT2D eigenvalue weighted by Crippen LogP contribution is 2.22. The average Bonchev–Trinajstić information content (AvgIpc) is 2.48. The highest BCUT2D eigenvalue weighted by Gasteiger charge is 2.18. The van der Waals surface area contributed by atoms with Crippen molar-refractivity contribution in [3.8, 4) is 5.75 Å². The zero-order chi connectivity index (χ0) is 14.5. The molecule has 0 amide bonds. The van der Waals surface area contributed by atoms with Gasteiger partial charge < -0.3 is 15.2 Å². The molecule has 2 N–H and O–H groups in total. The minimum Gasteiger partial charge on any atom is -0.496 e. The minimum atomic E-state index is 0.373. The smallest absolute Gasteiger partial charge is 0.129 e. The Balaban J connectivity index is 2.08. The first-order chi connectivity index (χ1) is 9.61. The van der Waals surface area contributed by atoms with Gasteiger partial charge in [-0.1, -0.05) is 18.3 Å². The minimum absolute atomic E-state index is 0.373. The number of benzene rings is 1. The first-order valence-corrected chi connectivity index (χ1v) is 7.27. The molecule has 1 aromatic carbocycles. The maximum Gasteiger partial charge on any atom is 0.129 e. The lowest BCUT2D eigenvalue weighted by molar-refractivity contribution is 0.0407. The molecule has 0 bridgehead atoms. The van der Waals surface area contributed by atoms with Crippen molar-refractivity contribution in [3.05, 3.63) is 29.3 Å². The van der Waals surface area contributed by atoms with Gasteiger partial charge in [-0.25, -0.2) is 0 Å². The number of thiocarbonyl (C=S) groups is 1. The normalized spacial score (nSPS) is 16.4. The van der Waals surface area contributed by atoms with Crippen molar-refractivity contribution in [1.82, 2.24) is 4.90 Å². The predicted octanol–water partition coefficient (Wildman–Crippen LogP) is 1.94. The molecule has 4 nitrogen and oxygen atoms in total. The summed E-state index contributed by atoms with van der Waals surface area (Å²) >= 11 is 5.08. The van der Waals surface area contributed by atoms with Crippen molar-refractivity contribution >= 4 is 17.2 Å². The molecule has 1 aromatic rings. The fraction of sp³-hybridized carbons (Fsp3) is 0.533. The van der Waals surface area contributed by atoms with E-state index in [1.54, 1.807) is 7.11 Å². The highest BCUT2D eigenvalue weighted by molar-refractivity contribution is 7.80. The van der Waals surface area contributed by atoms with Gasteiger partial charge >= 0.3 is 0 Å². The Kier molecular flexibility index (Phi) is 5.34. The Morgan fingerprint density at radius 3 is 2.75 bits per heavy atom. The van der Waals surface area contributed by atoms with Crippen LogP contribution in [0.2, 0.25) is 0 Å². The second kappa shape index (κ2) is 7.02. The molecule has 1 aliphatic heterocycles. The topological polar surface area (TPSA) is 47.7 Å². The van der Waals surface area contributed by atoms with E-state index in [9.17, 15) is 0 Å². The summed E-state index contributed by atoms with van der Waals surface area (Å²) in [6.07, 6.45) is 2.18.